The second kappa shape index (κ2) is 6.11. The van der Waals surface area contributed by atoms with Gasteiger partial charge in [-0.05, 0) is 52.2 Å². The minimum absolute atomic E-state index is 0.160. The largest absolute Gasteiger partial charge is 0.271 e. The fourth-order valence-corrected chi connectivity index (χ4v) is 3.36. The molecule has 1 atom stereocenters. The van der Waals surface area contributed by atoms with Crippen LogP contribution in [0.3, 0.4) is 0 Å². The van der Waals surface area contributed by atoms with Crippen molar-refractivity contribution in [3.05, 3.63) is 55.1 Å². The number of nitrogens with one attached hydrogen (secondary N) is 1. The fourth-order valence-electron chi connectivity index (χ4n) is 1.61. The van der Waals surface area contributed by atoms with Crippen molar-refractivity contribution in [3.8, 4) is 0 Å². The molecule has 1 heterocycles. The number of nitrogens with two attached hydrogens (primary N) is 1. The summed E-state index contributed by atoms with van der Waals surface area (Å²) in [4.78, 5) is 1.24. The van der Waals surface area contributed by atoms with Gasteiger partial charge in [-0.25, -0.2) is 0 Å². The maximum atomic E-state index is 5.62. The topological polar surface area (TPSA) is 38.0 Å². The molecule has 0 fully saturated rings. The van der Waals surface area contributed by atoms with Gasteiger partial charge in [-0.1, -0.05) is 28.1 Å². The van der Waals surface area contributed by atoms with Crippen molar-refractivity contribution in [1.82, 2.24) is 5.43 Å². The van der Waals surface area contributed by atoms with Crippen LogP contribution >= 0.6 is 43.2 Å². The van der Waals surface area contributed by atoms with Gasteiger partial charge in [0.2, 0.25) is 0 Å². The molecule has 0 saturated carbocycles. The Morgan fingerprint density at radius 2 is 1.82 bits per heavy atom. The lowest BCUT2D eigenvalue weighted by Crippen LogP contribution is -2.28. The van der Waals surface area contributed by atoms with Crippen molar-refractivity contribution in [2.24, 2.45) is 5.84 Å². The van der Waals surface area contributed by atoms with Crippen molar-refractivity contribution in [3.63, 3.8) is 0 Å². The molecule has 0 spiro atoms. The third kappa shape index (κ3) is 3.63. The van der Waals surface area contributed by atoms with E-state index in [0.29, 0.717) is 0 Å². The zero-order valence-electron chi connectivity index (χ0n) is 8.99. The fraction of sp³-hybridized carbons (Fsp3) is 0.167. The average Bonchev–Trinajstić information content (AvgIpc) is 2.75. The maximum Gasteiger partial charge on any atom is 0.0702 e. The summed E-state index contributed by atoms with van der Waals surface area (Å²) in [6.07, 6.45) is 0.886. The Kier molecular flexibility index (Phi) is 4.76. The van der Waals surface area contributed by atoms with Crippen molar-refractivity contribution < 1.29 is 0 Å². The smallest absolute Gasteiger partial charge is 0.0702 e. The Morgan fingerprint density at radius 1 is 1.12 bits per heavy atom. The lowest BCUT2D eigenvalue weighted by molar-refractivity contribution is 0.560. The maximum absolute atomic E-state index is 5.62. The molecule has 2 aromatic rings. The zero-order valence-corrected chi connectivity index (χ0v) is 13.0. The van der Waals surface area contributed by atoms with Gasteiger partial charge in [0, 0.05) is 9.35 Å². The van der Waals surface area contributed by atoms with Crippen LogP contribution in [-0.4, -0.2) is 0 Å². The molecule has 2 rings (SSSR count). The predicted octanol–water partition coefficient (Wildman–Crippen LogP) is 4.02. The summed E-state index contributed by atoms with van der Waals surface area (Å²) < 4.78 is 2.22. The van der Waals surface area contributed by atoms with Gasteiger partial charge in [0.1, 0.15) is 0 Å². The van der Waals surface area contributed by atoms with E-state index in [0.717, 1.165) is 14.7 Å². The molecule has 2 nitrogen and oxygen atoms in total. The lowest BCUT2D eigenvalue weighted by atomic mass is 10.1. The molecular formula is C12H12Br2N2S. The van der Waals surface area contributed by atoms with Crippen LogP contribution < -0.4 is 11.3 Å². The quantitative estimate of drug-likeness (QED) is 0.625. The second-order valence-electron chi connectivity index (χ2n) is 3.69. The van der Waals surface area contributed by atoms with E-state index in [-0.39, 0.29) is 6.04 Å². The zero-order chi connectivity index (χ0) is 12.3. The van der Waals surface area contributed by atoms with E-state index >= 15 is 0 Å². The molecule has 1 aromatic heterocycles. The highest BCUT2D eigenvalue weighted by Gasteiger charge is 2.12. The predicted molar refractivity (Wildman–Crippen MR) is 79.9 cm³/mol. The molecule has 90 valence electrons. The Balaban J connectivity index is 2.12. The third-order valence-corrected chi connectivity index (χ3v) is 4.76. The van der Waals surface area contributed by atoms with Gasteiger partial charge in [0.05, 0.1) is 9.83 Å². The average molecular weight is 376 g/mol. The summed E-state index contributed by atoms with van der Waals surface area (Å²) in [6, 6.07) is 12.6. The van der Waals surface area contributed by atoms with Crippen LogP contribution in [0.2, 0.25) is 0 Å². The van der Waals surface area contributed by atoms with Crippen LogP contribution in [0.5, 0.6) is 0 Å². The standard InChI is InChI=1S/C12H12Br2N2S/c13-9-3-1-8(2-4-9)7-10(16-15)11-5-6-12(14)17-11/h1-6,10,16H,7,15H2. The van der Waals surface area contributed by atoms with Gasteiger partial charge in [0.15, 0.2) is 0 Å². The Bertz CT molecular complexity index is 482. The molecule has 0 radical (unpaired) electrons. The molecule has 17 heavy (non-hydrogen) atoms. The summed E-state index contributed by atoms with van der Waals surface area (Å²) in [5.41, 5.74) is 4.14. The first-order chi connectivity index (χ1) is 8.19. The highest BCUT2D eigenvalue weighted by Crippen LogP contribution is 2.29. The third-order valence-electron chi connectivity index (χ3n) is 2.49. The molecule has 0 bridgehead atoms. The van der Waals surface area contributed by atoms with Crippen LogP contribution in [0.1, 0.15) is 16.5 Å². The summed E-state index contributed by atoms with van der Waals surface area (Å²) in [5.74, 6) is 5.62. The van der Waals surface area contributed by atoms with E-state index in [1.165, 1.54) is 10.4 Å². The SMILES string of the molecule is NNC(Cc1ccc(Br)cc1)c1ccc(Br)s1. The second-order valence-corrected chi connectivity index (χ2v) is 7.10. The number of thiophene rings is 1. The van der Waals surface area contributed by atoms with E-state index in [9.17, 15) is 0 Å². The van der Waals surface area contributed by atoms with E-state index in [1.807, 2.05) is 18.2 Å². The minimum atomic E-state index is 0.160. The number of hydrazine groups is 1. The Hall–Kier alpha value is -0.200. The Morgan fingerprint density at radius 3 is 2.35 bits per heavy atom. The molecular weight excluding hydrogens is 364 g/mol. The van der Waals surface area contributed by atoms with Gasteiger partial charge < -0.3 is 0 Å². The summed E-state index contributed by atoms with van der Waals surface area (Å²) in [6.45, 7) is 0. The van der Waals surface area contributed by atoms with Crippen molar-refractivity contribution in [2.75, 3.05) is 0 Å². The highest BCUT2D eigenvalue weighted by molar-refractivity contribution is 9.11. The van der Waals surface area contributed by atoms with Crippen LogP contribution in [0.25, 0.3) is 0 Å². The first-order valence-corrected chi connectivity index (χ1v) is 7.55. The summed E-state index contributed by atoms with van der Waals surface area (Å²) in [5, 5.41) is 0. The van der Waals surface area contributed by atoms with E-state index in [1.54, 1.807) is 11.3 Å². The minimum Gasteiger partial charge on any atom is -0.271 e. The lowest BCUT2D eigenvalue weighted by Gasteiger charge is -2.14. The van der Waals surface area contributed by atoms with Crippen molar-refractivity contribution in [2.45, 2.75) is 12.5 Å². The summed E-state index contributed by atoms with van der Waals surface area (Å²) >= 11 is 8.61. The van der Waals surface area contributed by atoms with Gasteiger partial charge in [0.25, 0.3) is 0 Å². The molecule has 3 N–H and O–H groups in total. The number of halogens is 2. The Labute approximate surface area is 121 Å². The normalized spacial score (nSPS) is 12.6. The van der Waals surface area contributed by atoms with Crippen molar-refractivity contribution in [1.29, 1.82) is 0 Å². The number of hydrogen-bond acceptors (Lipinski definition) is 3. The van der Waals surface area contributed by atoms with Gasteiger partial charge in [-0.15, -0.1) is 11.3 Å². The van der Waals surface area contributed by atoms with Crippen LogP contribution in [0.15, 0.2) is 44.7 Å². The molecule has 0 aliphatic carbocycles. The molecule has 0 amide bonds. The van der Waals surface area contributed by atoms with Crippen LogP contribution in [0.4, 0.5) is 0 Å². The van der Waals surface area contributed by atoms with Crippen molar-refractivity contribution >= 4 is 43.2 Å². The monoisotopic (exact) mass is 374 g/mol. The molecule has 0 saturated heterocycles. The number of benzene rings is 1. The van der Waals surface area contributed by atoms with Gasteiger partial charge >= 0.3 is 0 Å². The van der Waals surface area contributed by atoms with Crippen LogP contribution in [0, 0.1) is 0 Å². The van der Waals surface area contributed by atoms with Gasteiger partial charge in [-0.3, -0.25) is 11.3 Å². The van der Waals surface area contributed by atoms with Gasteiger partial charge in [-0.2, -0.15) is 0 Å². The first kappa shape index (κ1) is 13.2. The van der Waals surface area contributed by atoms with E-state index < -0.39 is 0 Å². The van der Waals surface area contributed by atoms with E-state index in [4.69, 9.17) is 5.84 Å². The number of hydrogen-bond donors (Lipinski definition) is 2. The molecule has 1 aromatic carbocycles. The molecule has 5 heteroatoms. The number of rotatable bonds is 4. The molecule has 0 aliphatic heterocycles. The first-order valence-electron chi connectivity index (χ1n) is 5.15. The van der Waals surface area contributed by atoms with Crippen LogP contribution in [-0.2, 0) is 6.42 Å². The van der Waals surface area contributed by atoms with E-state index in [2.05, 4.69) is 55.5 Å². The highest BCUT2D eigenvalue weighted by atomic mass is 79.9. The molecule has 1 unspecified atom stereocenters. The molecule has 0 aliphatic rings. The summed E-state index contributed by atoms with van der Waals surface area (Å²) in [7, 11) is 0.